The smallest absolute Gasteiger partial charge is 0.223 e. The van der Waals surface area contributed by atoms with Gasteiger partial charge in [0.25, 0.3) is 0 Å². The third-order valence-corrected chi connectivity index (χ3v) is 4.02. The molecule has 20 heavy (non-hydrogen) atoms. The molecular weight excluding hydrogens is 256 g/mol. The standard InChI is InChI=1S/C15H26N2O3/c1-10(2)6-12-7-11(8-14(18)17-12)15(19)16-9-13-4-3-5-20-13/h10-13H,3-9H2,1-2H3,(H,16,19)(H,17,18). The van der Waals surface area contributed by atoms with E-state index >= 15 is 0 Å². The summed E-state index contributed by atoms with van der Waals surface area (Å²) in [6.45, 7) is 5.63. The van der Waals surface area contributed by atoms with E-state index in [0.29, 0.717) is 18.9 Å². The molecule has 2 fully saturated rings. The van der Waals surface area contributed by atoms with Gasteiger partial charge in [-0.15, -0.1) is 0 Å². The number of nitrogens with one attached hydrogen (secondary N) is 2. The van der Waals surface area contributed by atoms with Gasteiger partial charge in [0, 0.05) is 31.5 Å². The van der Waals surface area contributed by atoms with Crippen molar-refractivity contribution in [1.82, 2.24) is 10.6 Å². The van der Waals surface area contributed by atoms with Gasteiger partial charge in [-0.25, -0.2) is 0 Å². The minimum Gasteiger partial charge on any atom is -0.376 e. The Morgan fingerprint density at radius 2 is 2.30 bits per heavy atom. The van der Waals surface area contributed by atoms with Crippen molar-refractivity contribution in [3.05, 3.63) is 0 Å². The van der Waals surface area contributed by atoms with Crippen molar-refractivity contribution in [2.24, 2.45) is 11.8 Å². The topological polar surface area (TPSA) is 67.4 Å². The predicted molar refractivity (Wildman–Crippen MR) is 76.1 cm³/mol. The molecule has 0 spiro atoms. The van der Waals surface area contributed by atoms with Crippen LogP contribution in [0, 0.1) is 11.8 Å². The minimum absolute atomic E-state index is 0.000772. The number of hydrogen-bond acceptors (Lipinski definition) is 3. The van der Waals surface area contributed by atoms with Gasteiger partial charge in [0.2, 0.25) is 11.8 Å². The molecule has 2 saturated heterocycles. The SMILES string of the molecule is CC(C)CC1CC(C(=O)NCC2CCCO2)CC(=O)N1. The highest BCUT2D eigenvalue weighted by Gasteiger charge is 2.31. The van der Waals surface area contributed by atoms with Crippen LogP contribution in [0.2, 0.25) is 0 Å². The highest BCUT2D eigenvalue weighted by atomic mass is 16.5. The zero-order valence-corrected chi connectivity index (χ0v) is 12.5. The van der Waals surface area contributed by atoms with Crippen molar-refractivity contribution >= 4 is 11.8 Å². The molecule has 3 unspecified atom stereocenters. The Morgan fingerprint density at radius 1 is 1.50 bits per heavy atom. The Hall–Kier alpha value is -1.10. The normalized spacial score (nSPS) is 30.4. The summed E-state index contributed by atoms with van der Waals surface area (Å²) in [6.07, 6.45) is 4.24. The van der Waals surface area contributed by atoms with E-state index in [1.165, 1.54) is 0 Å². The maximum atomic E-state index is 12.2. The second kappa shape index (κ2) is 7.07. The summed E-state index contributed by atoms with van der Waals surface area (Å²) in [6, 6.07) is 0.134. The molecule has 2 heterocycles. The second-order valence-electron chi connectivity index (χ2n) is 6.41. The van der Waals surface area contributed by atoms with Gasteiger partial charge in [0.05, 0.1) is 6.10 Å². The Morgan fingerprint density at radius 3 is 2.95 bits per heavy atom. The lowest BCUT2D eigenvalue weighted by molar-refractivity contribution is -0.134. The zero-order valence-electron chi connectivity index (χ0n) is 12.5. The quantitative estimate of drug-likeness (QED) is 0.797. The first-order valence-electron chi connectivity index (χ1n) is 7.73. The number of amides is 2. The van der Waals surface area contributed by atoms with Gasteiger partial charge in [0.1, 0.15) is 0 Å². The van der Waals surface area contributed by atoms with Gasteiger partial charge in [0.15, 0.2) is 0 Å². The van der Waals surface area contributed by atoms with Crippen LogP contribution in [0.15, 0.2) is 0 Å². The molecule has 3 atom stereocenters. The Balaban J connectivity index is 1.79. The summed E-state index contributed by atoms with van der Waals surface area (Å²) in [7, 11) is 0. The number of carbonyl (C=O) groups is 2. The van der Waals surface area contributed by atoms with E-state index in [1.54, 1.807) is 0 Å². The predicted octanol–water partition coefficient (Wildman–Crippen LogP) is 1.22. The van der Waals surface area contributed by atoms with Crippen molar-refractivity contribution in [2.45, 2.75) is 58.1 Å². The molecule has 5 heteroatoms. The lowest BCUT2D eigenvalue weighted by Crippen LogP contribution is -2.48. The maximum absolute atomic E-state index is 12.2. The monoisotopic (exact) mass is 282 g/mol. The van der Waals surface area contributed by atoms with Crippen LogP contribution in [0.5, 0.6) is 0 Å². The molecule has 0 aliphatic carbocycles. The number of hydrogen-bond donors (Lipinski definition) is 2. The average molecular weight is 282 g/mol. The summed E-state index contributed by atoms with van der Waals surface area (Å²) in [5.74, 6) is 0.339. The number of rotatable bonds is 5. The summed E-state index contributed by atoms with van der Waals surface area (Å²) in [5, 5.41) is 5.93. The summed E-state index contributed by atoms with van der Waals surface area (Å²) in [4.78, 5) is 23.9. The van der Waals surface area contributed by atoms with Crippen molar-refractivity contribution in [2.75, 3.05) is 13.2 Å². The summed E-state index contributed by atoms with van der Waals surface area (Å²) in [5.41, 5.74) is 0. The fraction of sp³-hybridized carbons (Fsp3) is 0.867. The van der Waals surface area contributed by atoms with Crippen LogP contribution in [0.3, 0.4) is 0 Å². The Bertz CT molecular complexity index is 351. The first kappa shape index (κ1) is 15.3. The van der Waals surface area contributed by atoms with Gasteiger partial charge >= 0.3 is 0 Å². The van der Waals surface area contributed by atoms with E-state index in [4.69, 9.17) is 4.74 Å². The van der Waals surface area contributed by atoms with Gasteiger partial charge in [-0.2, -0.15) is 0 Å². The van der Waals surface area contributed by atoms with Crippen molar-refractivity contribution in [1.29, 1.82) is 0 Å². The van der Waals surface area contributed by atoms with Gasteiger partial charge < -0.3 is 15.4 Å². The van der Waals surface area contributed by atoms with Crippen LogP contribution in [0.25, 0.3) is 0 Å². The molecule has 2 N–H and O–H groups in total. The van der Waals surface area contributed by atoms with Crippen LogP contribution >= 0.6 is 0 Å². The number of piperidine rings is 1. The van der Waals surface area contributed by atoms with Crippen LogP contribution < -0.4 is 10.6 Å². The molecular formula is C15H26N2O3. The van der Waals surface area contributed by atoms with E-state index in [2.05, 4.69) is 24.5 Å². The first-order valence-corrected chi connectivity index (χ1v) is 7.73. The third-order valence-electron chi connectivity index (χ3n) is 4.02. The van der Waals surface area contributed by atoms with Gasteiger partial charge in [-0.3, -0.25) is 9.59 Å². The molecule has 0 bridgehead atoms. The number of carbonyl (C=O) groups excluding carboxylic acids is 2. The molecule has 114 valence electrons. The lowest BCUT2D eigenvalue weighted by Gasteiger charge is -2.30. The van der Waals surface area contributed by atoms with Crippen LogP contribution in [0.1, 0.15) is 46.0 Å². The highest BCUT2D eigenvalue weighted by molar-refractivity contribution is 5.87. The zero-order chi connectivity index (χ0) is 14.5. The fourth-order valence-corrected chi connectivity index (χ4v) is 3.08. The molecule has 0 aromatic rings. The lowest BCUT2D eigenvalue weighted by atomic mass is 9.87. The van der Waals surface area contributed by atoms with Gasteiger partial charge in [-0.05, 0) is 31.6 Å². The minimum atomic E-state index is -0.186. The van der Waals surface area contributed by atoms with Crippen molar-refractivity contribution in [3.8, 4) is 0 Å². The Labute approximate surface area is 120 Å². The van der Waals surface area contributed by atoms with E-state index in [1.807, 2.05) is 0 Å². The molecule has 2 aliphatic rings. The third kappa shape index (κ3) is 4.47. The van der Waals surface area contributed by atoms with E-state index in [9.17, 15) is 9.59 Å². The van der Waals surface area contributed by atoms with Gasteiger partial charge in [-0.1, -0.05) is 13.8 Å². The number of ether oxygens (including phenoxy) is 1. The second-order valence-corrected chi connectivity index (χ2v) is 6.41. The highest BCUT2D eigenvalue weighted by Crippen LogP contribution is 2.22. The molecule has 5 nitrogen and oxygen atoms in total. The summed E-state index contributed by atoms with van der Waals surface area (Å²) >= 11 is 0. The first-order chi connectivity index (χ1) is 9.54. The fourth-order valence-electron chi connectivity index (χ4n) is 3.08. The molecule has 0 aromatic carbocycles. The van der Waals surface area contributed by atoms with Crippen LogP contribution in [-0.4, -0.2) is 37.1 Å². The van der Waals surface area contributed by atoms with Crippen LogP contribution in [-0.2, 0) is 14.3 Å². The molecule has 2 amide bonds. The molecule has 2 rings (SSSR count). The molecule has 0 saturated carbocycles. The Kier molecular flexibility index (Phi) is 5.40. The molecule has 0 aromatic heterocycles. The largest absolute Gasteiger partial charge is 0.376 e. The van der Waals surface area contributed by atoms with E-state index in [-0.39, 0.29) is 29.9 Å². The van der Waals surface area contributed by atoms with Crippen LogP contribution in [0.4, 0.5) is 0 Å². The van der Waals surface area contributed by atoms with Crippen molar-refractivity contribution < 1.29 is 14.3 Å². The van der Waals surface area contributed by atoms with Crippen molar-refractivity contribution in [3.63, 3.8) is 0 Å². The van der Waals surface area contributed by atoms with E-state index in [0.717, 1.165) is 32.3 Å². The average Bonchev–Trinajstić information content (AvgIpc) is 2.87. The molecule has 0 radical (unpaired) electrons. The summed E-state index contributed by atoms with van der Waals surface area (Å²) < 4.78 is 5.49. The van der Waals surface area contributed by atoms with E-state index < -0.39 is 0 Å². The molecule has 2 aliphatic heterocycles. The maximum Gasteiger partial charge on any atom is 0.223 e.